The summed E-state index contributed by atoms with van der Waals surface area (Å²) in [6, 6.07) is 0. The molecule has 0 bridgehead atoms. The number of ketones is 2. The van der Waals surface area contributed by atoms with Gasteiger partial charge in [-0.25, -0.2) is 0 Å². The number of hydrogen-bond acceptors (Lipinski definition) is 3. The summed E-state index contributed by atoms with van der Waals surface area (Å²) in [6.45, 7) is 20.4. The molecule has 176 valence electrons. The summed E-state index contributed by atoms with van der Waals surface area (Å²) in [5, 5.41) is 0. The molecule has 2 unspecified atom stereocenters. The molecule has 0 radical (unpaired) electrons. The van der Waals surface area contributed by atoms with Crippen LogP contribution in [0.5, 0.6) is 0 Å². The van der Waals surface area contributed by atoms with Crippen LogP contribution >= 0.6 is 0 Å². The van der Waals surface area contributed by atoms with E-state index in [4.69, 9.17) is 0 Å². The van der Waals surface area contributed by atoms with Crippen LogP contribution in [-0.2, 0) is 14.4 Å². The zero-order chi connectivity index (χ0) is 24.4. The Morgan fingerprint density at radius 3 is 1.55 bits per heavy atom. The number of carbonyl (C=O) groups excluding carboxylic acids is 3. The van der Waals surface area contributed by atoms with Crippen molar-refractivity contribution in [2.24, 2.45) is 22.7 Å². The fourth-order valence-corrected chi connectivity index (χ4v) is 3.76. The number of hydrogen-bond donors (Lipinski definition) is 0. The fourth-order valence-electron chi connectivity index (χ4n) is 3.76. The highest BCUT2D eigenvalue weighted by Crippen LogP contribution is 2.45. The van der Waals surface area contributed by atoms with Crippen LogP contribution in [0, 0.1) is 22.7 Å². The van der Waals surface area contributed by atoms with Crippen LogP contribution in [0.4, 0.5) is 0 Å². The van der Waals surface area contributed by atoms with Crippen molar-refractivity contribution < 1.29 is 14.4 Å². The molecule has 0 saturated carbocycles. The quantitative estimate of drug-likeness (QED) is 0.250. The third kappa shape index (κ3) is 9.09. The van der Waals surface area contributed by atoms with Crippen molar-refractivity contribution >= 4 is 17.9 Å². The van der Waals surface area contributed by atoms with Gasteiger partial charge in [-0.3, -0.25) is 4.79 Å². The van der Waals surface area contributed by atoms with Crippen LogP contribution in [0.25, 0.3) is 0 Å². The lowest BCUT2D eigenvalue weighted by atomic mass is 9.76. The minimum absolute atomic E-state index is 0.190. The number of allylic oxidation sites excluding steroid dienone is 6. The van der Waals surface area contributed by atoms with Gasteiger partial charge in [0.15, 0.2) is 5.78 Å². The number of aldehydes is 1. The Morgan fingerprint density at radius 1 is 0.903 bits per heavy atom. The first kappa shape index (κ1) is 29.2. The number of Topliss-reactive ketones (excluding diaryl/α,β-unsaturated/α-hetero) is 2. The van der Waals surface area contributed by atoms with Gasteiger partial charge in [0.05, 0.1) is 0 Å². The zero-order valence-corrected chi connectivity index (χ0v) is 21.7. The minimum atomic E-state index is 0.190. The Labute approximate surface area is 191 Å². The Balaban J connectivity index is 0.000000492. The van der Waals surface area contributed by atoms with E-state index in [9.17, 15) is 14.4 Å². The van der Waals surface area contributed by atoms with E-state index >= 15 is 0 Å². The third-order valence-corrected chi connectivity index (χ3v) is 7.63. The zero-order valence-electron chi connectivity index (χ0n) is 21.7. The molecule has 0 fully saturated rings. The number of rotatable bonds is 6. The van der Waals surface area contributed by atoms with E-state index < -0.39 is 0 Å². The topological polar surface area (TPSA) is 51.2 Å². The Morgan fingerprint density at radius 2 is 1.29 bits per heavy atom. The third-order valence-electron chi connectivity index (χ3n) is 7.63. The maximum Gasteiger partial charge on any atom is 0.155 e. The summed E-state index contributed by atoms with van der Waals surface area (Å²) in [7, 11) is 0. The summed E-state index contributed by atoms with van der Waals surface area (Å²) in [5.74, 6) is 1.65. The van der Waals surface area contributed by atoms with E-state index in [2.05, 4.69) is 59.8 Å². The van der Waals surface area contributed by atoms with E-state index in [-0.39, 0.29) is 17.0 Å². The molecule has 2 rings (SSSR count). The highest BCUT2D eigenvalue weighted by Gasteiger charge is 2.34. The predicted octanol–water partition coefficient (Wildman–Crippen LogP) is 7.46. The molecule has 3 nitrogen and oxygen atoms in total. The summed E-state index contributed by atoms with van der Waals surface area (Å²) >= 11 is 0. The van der Waals surface area contributed by atoms with E-state index in [1.165, 1.54) is 11.1 Å². The van der Waals surface area contributed by atoms with E-state index in [0.29, 0.717) is 30.1 Å². The molecule has 0 aromatic heterocycles. The predicted molar refractivity (Wildman–Crippen MR) is 132 cm³/mol. The van der Waals surface area contributed by atoms with Crippen molar-refractivity contribution in [3.8, 4) is 0 Å². The summed E-state index contributed by atoms with van der Waals surface area (Å²) in [6.07, 6.45) is 12.4. The minimum Gasteiger partial charge on any atom is -0.303 e. The van der Waals surface area contributed by atoms with Crippen LogP contribution in [-0.4, -0.2) is 17.9 Å². The Kier molecular flexibility index (Phi) is 12.2. The molecule has 2 aliphatic carbocycles. The second kappa shape index (κ2) is 12.9. The van der Waals surface area contributed by atoms with Crippen LogP contribution in [0.2, 0.25) is 0 Å². The summed E-state index contributed by atoms with van der Waals surface area (Å²) in [4.78, 5) is 31.2. The smallest absolute Gasteiger partial charge is 0.155 e. The van der Waals surface area contributed by atoms with Crippen LogP contribution in [0.15, 0.2) is 34.9 Å². The van der Waals surface area contributed by atoms with Crippen LogP contribution in [0.1, 0.15) is 101 Å². The SMILES string of the molecule is CC(=O)/C(C)=C/CC1CC=C(C)C1(C)C.CC1=CCC(CC=O)C1(C)C.CCC(C)=O. The van der Waals surface area contributed by atoms with Crippen molar-refractivity contribution in [3.05, 3.63) is 34.9 Å². The van der Waals surface area contributed by atoms with Gasteiger partial charge in [-0.05, 0) is 82.1 Å². The normalized spacial score (nSPS) is 23.5. The standard InChI is InChI=1S/C14H22O.C10H16O.C4H8O/c1-10(12(3)15)6-8-13-9-7-11(2)14(13,4)5;1-8-4-5-9(6-7-11)10(8,2)3;1-3-4(2)5/h6-7,13H,8-9H2,1-5H3;4,7,9H,5-6H2,1-3H3;3H2,1-2H3/b10-6+;;. The van der Waals surface area contributed by atoms with Gasteiger partial charge in [0.25, 0.3) is 0 Å². The van der Waals surface area contributed by atoms with E-state index in [1.54, 1.807) is 13.8 Å². The molecule has 0 heterocycles. The molecule has 0 amide bonds. The van der Waals surface area contributed by atoms with Gasteiger partial charge < -0.3 is 9.59 Å². The lowest BCUT2D eigenvalue weighted by molar-refractivity contribution is -0.116. The first-order valence-corrected chi connectivity index (χ1v) is 11.7. The van der Waals surface area contributed by atoms with Crippen LogP contribution < -0.4 is 0 Å². The average molecular weight is 431 g/mol. The van der Waals surface area contributed by atoms with Crippen molar-refractivity contribution in [2.45, 2.75) is 101 Å². The highest BCUT2D eigenvalue weighted by molar-refractivity contribution is 5.92. The van der Waals surface area contributed by atoms with Crippen LogP contribution in [0.3, 0.4) is 0 Å². The summed E-state index contributed by atoms with van der Waals surface area (Å²) in [5.41, 5.74) is 4.37. The molecule has 3 heteroatoms. The molecule has 2 atom stereocenters. The molecule has 0 aromatic rings. The Hall–Kier alpha value is -1.77. The van der Waals surface area contributed by atoms with E-state index in [0.717, 1.165) is 31.1 Å². The average Bonchev–Trinajstić information content (AvgIpc) is 3.09. The Bertz CT molecular complexity index is 717. The van der Waals surface area contributed by atoms with E-state index in [1.807, 2.05) is 13.8 Å². The second-order valence-corrected chi connectivity index (χ2v) is 10.2. The second-order valence-electron chi connectivity index (χ2n) is 10.2. The molecule has 0 saturated heterocycles. The molecule has 31 heavy (non-hydrogen) atoms. The van der Waals surface area contributed by atoms with Gasteiger partial charge in [0, 0.05) is 12.8 Å². The van der Waals surface area contributed by atoms with Gasteiger partial charge in [-0.15, -0.1) is 0 Å². The molecule has 0 aromatic carbocycles. The molecular weight excluding hydrogens is 384 g/mol. The first-order chi connectivity index (χ1) is 14.2. The van der Waals surface area contributed by atoms with Crippen molar-refractivity contribution in [2.75, 3.05) is 0 Å². The van der Waals surface area contributed by atoms with Gasteiger partial charge in [-0.1, -0.05) is 64.0 Å². The first-order valence-electron chi connectivity index (χ1n) is 11.7. The largest absolute Gasteiger partial charge is 0.303 e. The monoisotopic (exact) mass is 430 g/mol. The van der Waals surface area contributed by atoms with Gasteiger partial charge in [0.2, 0.25) is 0 Å². The molecule has 0 N–H and O–H groups in total. The lowest BCUT2D eigenvalue weighted by Crippen LogP contribution is -2.20. The molecule has 0 aliphatic heterocycles. The van der Waals surface area contributed by atoms with Gasteiger partial charge in [-0.2, -0.15) is 0 Å². The molecule has 2 aliphatic rings. The lowest BCUT2D eigenvalue weighted by Gasteiger charge is -2.29. The fraction of sp³-hybridized carbons (Fsp3) is 0.679. The van der Waals surface area contributed by atoms with Gasteiger partial charge >= 0.3 is 0 Å². The maximum absolute atomic E-state index is 11.1. The molecule has 0 spiro atoms. The van der Waals surface area contributed by atoms with Gasteiger partial charge in [0.1, 0.15) is 12.1 Å². The molecular formula is C28H46O3. The van der Waals surface area contributed by atoms with Crippen molar-refractivity contribution in [1.29, 1.82) is 0 Å². The maximum atomic E-state index is 11.1. The van der Waals surface area contributed by atoms with Crippen molar-refractivity contribution in [3.63, 3.8) is 0 Å². The summed E-state index contributed by atoms with van der Waals surface area (Å²) < 4.78 is 0. The number of carbonyl (C=O) groups is 3. The highest BCUT2D eigenvalue weighted by atomic mass is 16.1. The van der Waals surface area contributed by atoms with Crippen molar-refractivity contribution in [1.82, 2.24) is 0 Å².